The van der Waals surface area contributed by atoms with Crippen molar-refractivity contribution in [2.45, 2.75) is 6.61 Å². The molecule has 5 nitrogen and oxygen atoms in total. The number of nitrogens with zero attached hydrogens (tertiary/aromatic N) is 1. The summed E-state index contributed by atoms with van der Waals surface area (Å²) in [6.07, 6.45) is 1.46. The molecule has 0 aliphatic rings. The van der Waals surface area contributed by atoms with Gasteiger partial charge in [0.1, 0.15) is 29.7 Å². The maximum atomic E-state index is 12.4. The third kappa shape index (κ3) is 6.26. The van der Waals surface area contributed by atoms with Gasteiger partial charge < -0.3 is 14.8 Å². The summed E-state index contributed by atoms with van der Waals surface area (Å²) in [6.45, 7) is 0.309. The van der Waals surface area contributed by atoms with Crippen LogP contribution in [0.25, 0.3) is 6.08 Å². The Morgan fingerprint density at radius 2 is 1.87 bits per heavy atom. The summed E-state index contributed by atoms with van der Waals surface area (Å²) >= 11 is 12.3. The second-order valence-electron chi connectivity index (χ2n) is 6.46. The van der Waals surface area contributed by atoms with Crippen molar-refractivity contribution in [3.05, 3.63) is 93.5 Å². The van der Waals surface area contributed by atoms with Gasteiger partial charge in [0, 0.05) is 10.7 Å². The fourth-order valence-electron chi connectivity index (χ4n) is 2.70. The molecule has 1 amide bonds. The lowest BCUT2D eigenvalue weighted by atomic mass is 10.1. The van der Waals surface area contributed by atoms with Crippen molar-refractivity contribution in [3.63, 3.8) is 0 Å². The number of methoxy groups -OCH3 is 1. The average Bonchev–Trinajstić information content (AvgIpc) is 2.77. The van der Waals surface area contributed by atoms with Crippen molar-refractivity contribution in [2.75, 3.05) is 12.4 Å². The summed E-state index contributed by atoms with van der Waals surface area (Å²) in [5.41, 5.74) is 2.00. The molecule has 0 atom stereocenters. The van der Waals surface area contributed by atoms with Crippen molar-refractivity contribution in [1.82, 2.24) is 0 Å². The van der Waals surface area contributed by atoms with Crippen molar-refractivity contribution in [2.24, 2.45) is 0 Å². The minimum absolute atomic E-state index is 0.0560. The lowest BCUT2D eigenvalue weighted by Crippen LogP contribution is -2.13. The van der Waals surface area contributed by atoms with E-state index in [9.17, 15) is 10.1 Å². The van der Waals surface area contributed by atoms with E-state index in [-0.39, 0.29) is 5.57 Å². The first-order valence-electron chi connectivity index (χ1n) is 9.22. The molecule has 31 heavy (non-hydrogen) atoms. The quantitative estimate of drug-likeness (QED) is 0.345. The molecule has 0 aromatic heterocycles. The Kier molecular flexibility index (Phi) is 7.55. The number of hydrogen-bond acceptors (Lipinski definition) is 4. The number of anilines is 1. The molecule has 3 rings (SSSR count). The van der Waals surface area contributed by atoms with E-state index >= 15 is 0 Å². The Morgan fingerprint density at radius 3 is 2.52 bits per heavy atom. The van der Waals surface area contributed by atoms with Crippen molar-refractivity contribution >= 4 is 40.9 Å². The molecule has 3 aromatic rings. The normalized spacial score (nSPS) is 10.8. The van der Waals surface area contributed by atoms with E-state index in [1.165, 1.54) is 6.08 Å². The van der Waals surface area contributed by atoms with Gasteiger partial charge in [-0.3, -0.25) is 4.79 Å². The third-order valence-electron chi connectivity index (χ3n) is 4.26. The number of carbonyl (C=O) groups is 1. The number of benzene rings is 3. The second-order valence-corrected chi connectivity index (χ2v) is 7.30. The Labute approximate surface area is 190 Å². The summed E-state index contributed by atoms with van der Waals surface area (Å²) in [4.78, 5) is 12.4. The Balaban J connectivity index is 1.69. The monoisotopic (exact) mass is 452 g/mol. The molecular formula is C24H18Cl2N2O3. The van der Waals surface area contributed by atoms with E-state index < -0.39 is 5.91 Å². The Hall–Kier alpha value is -3.46. The van der Waals surface area contributed by atoms with Crippen LogP contribution in [0.15, 0.2) is 72.3 Å². The number of hydrogen-bond donors (Lipinski definition) is 1. The molecule has 0 aliphatic carbocycles. The summed E-state index contributed by atoms with van der Waals surface area (Å²) in [6, 6.07) is 21.1. The zero-order valence-electron chi connectivity index (χ0n) is 16.6. The number of amides is 1. The van der Waals surface area contributed by atoms with Gasteiger partial charge in [-0.1, -0.05) is 41.4 Å². The number of ether oxygens (including phenoxy) is 2. The first-order valence-corrected chi connectivity index (χ1v) is 9.98. The minimum Gasteiger partial charge on any atom is -0.497 e. The maximum Gasteiger partial charge on any atom is 0.266 e. The molecule has 0 spiro atoms. The van der Waals surface area contributed by atoms with Crippen molar-refractivity contribution < 1.29 is 14.3 Å². The van der Waals surface area contributed by atoms with Gasteiger partial charge in [0.05, 0.1) is 12.1 Å². The zero-order valence-corrected chi connectivity index (χ0v) is 18.1. The van der Waals surface area contributed by atoms with Gasteiger partial charge >= 0.3 is 0 Å². The number of carbonyl (C=O) groups excluding carboxylic acids is 1. The SMILES string of the molecule is COc1ccc(NC(=O)/C(C#N)=C/c2ccc(OCc3cccc(Cl)c3)c(Cl)c2)cc1. The molecule has 0 radical (unpaired) electrons. The van der Waals surface area contributed by atoms with E-state index in [4.69, 9.17) is 32.7 Å². The van der Waals surface area contributed by atoms with Gasteiger partial charge in [-0.15, -0.1) is 0 Å². The van der Waals surface area contributed by atoms with E-state index in [1.54, 1.807) is 55.6 Å². The van der Waals surface area contributed by atoms with Crippen LogP contribution in [0.5, 0.6) is 11.5 Å². The van der Waals surface area contributed by atoms with Gasteiger partial charge in [-0.2, -0.15) is 5.26 Å². The first-order chi connectivity index (χ1) is 15.0. The Morgan fingerprint density at radius 1 is 1.10 bits per heavy atom. The fourth-order valence-corrected chi connectivity index (χ4v) is 3.16. The van der Waals surface area contributed by atoms with E-state index in [0.717, 1.165) is 5.56 Å². The second kappa shape index (κ2) is 10.5. The number of nitrogens with one attached hydrogen (secondary N) is 1. The van der Waals surface area contributed by atoms with Gasteiger partial charge in [-0.25, -0.2) is 0 Å². The number of nitriles is 1. The number of rotatable bonds is 7. The van der Waals surface area contributed by atoms with Gasteiger partial charge in [0.2, 0.25) is 0 Å². The van der Waals surface area contributed by atoms with Crippen LogP contribution in [0.2, 0.25) is 10.0 Å². The van der Waals surface area contributed by atoms with Gasteiger partial charge in [0.15, 0.2) is 0 Å². The molecule has 0 saturated heterocycles. The maximum absolute atomic E-state index is 12.4. The third-order valence-corrected chi connectivity index (χ3v) is 4.79. The standard InChI is InChI=1S/C24H18Cl2N2O3/c1-30-21-8-6-20(7-9-21)28-24(29)18(14-27)11-16-5-10-23(22(26)13-16)31-15-17-3-2-4-19(25)12-17/h2-13H,15H2,1H3,(H,28,29)/b18-11+. The molecule has 0 heterocycles. The summed E-state index contributed by atoms with van der Waals surface area (Å²) in [7, 11) is 1.56. The molecule has 3 aromatic carbocycles. The van der Waals surface area contributed by atoms with Crippen LogP contribution < -0.4 is 14.8 Å². The van der Waals surface area contributed by atoms with Crippen LogP contribution in [0.4, 0.5) is 5.69 Å². The lowest BCUT2D eigenvalue weighted by molar-refractivity contribution is -0.112. The number of halogens is 2. The molecule has 1 N–H and O–H groups in total. The minimum atomic E-state index is -0.523. The summed E-state index contributed by atoms with van der Waals surface area (Å²) in [5.74, 6) is 0.631. The van der Waals surface area contributed by atoms with Crippen LogP contribution in [-0.2, 0) is 11.4 Å². The highest BCUT2D eigenvalue weighted by Gasteiger charge is 2.11. The first kappa shape index (κ1) is 22.2. The largest absolute Gasteiger partial charge is 0.497 e. The average molecular weight is 453 g/mol. The highest BCUT2D eigenvalue weighted by Crippen LogP contribution is 2.27. The summed E-state index contributed by atoms with van der Waals surface area (Å²) in [5, 5.41) is 13.1. The highest BCUT2D eigenvalue weighted by atomic mass is 35.5. The van der Waals surface area contributed by atoms with Crippen molar-refractivity contribution in [1.29, 1.82) is 5.26 Å². The van der Waals surface area contributed by atoms with E-state index in [2.05, 4.69) is 5.32 Å². The van der Waals surface area contributed by atoms with Crippen LogP contribution in [-0.4, -0.2) is 13.0 Å². The summed E-state index contributed by atoms with van der Waals surface area (Å²) < 4.78 is 10.8. The molecule has 0 aliphatic heterocycles. The van der Waals surface area contributed by atoms with Crippen LogP contribution in [0, 0.1) is 11.3 Å². The topological polar surface area (TPSA) is 71.3 Å². The Bertz CT molecular complexity index is 1150. The van der Waals surface area contributed by atoms with Gasteiger partial charge in [-0.05, 0) is 65.7 Å². The zero-order chi connectivity index (χ0) is 22.2. The lowest BCUT2D eigenvalue weighted by Gasteiger charge is -2.09. The fraction of sp³-hybridized carbons (Fsp3) is 0.0833. The van der Waals surface area contributed by atoms with E-state index in [1.807, 2.05) is 24.3 Å². The molecule has 0 unspecified atom stereocenters. The molecule has 0 saturated carbocycles. The van der Waals surface area contributed by atoms with Crippen LogP contribution in [0.3, 0.4) is 0 Å². The predicted octanol–water partition coefficient (Wildman–Crippen LogP) is 6.13. The highest BCUT2D eigenvalue weighted by molar-refractivity contribution is 6.32. The molecule has 156 valence electrons. The van der Waals surface area contributed by atoms with E-state index in [0.29, 0.717) is 39.4 Å². The predicted molar refractivity (Wildman–Crippen MR) is 122 cm³/mol. The van der Waals surface area contributed by atoms with Crippen LogP contribution >= 0.6 is 23.2 Å². The molecule has 0 bridgehead atoms. The van der Waals surface area contributed by atoms with Crippen LogP contribution in [0.1, 0.15) is 11.1 Å². The van der Waals surface area contributed by atoms with Gasteiger partial charge in [0.25, 0.3) is 5.91 Å². The molecular weight excluding hydrogens is 435 g/mol. The molecule has 7 heteroatoms. The smallest absolute Gasteiger partial charge is 0.266 e. The van der Waals surface area contributed by atoms with Crippen molar-refractivity contribution in [3.8, 4) is 17.6 Å². The molecule has 0 fully saturated rings.